The van der Waals surface area contributed by atoms with Crippen LogP contribution >= 0.6 is 12.2 Å². The summed E-state index contributed by atoms with van der Waals surface area (Å²) < 4.78 is 5.25. The highest BCUT2D eigenvalue weighted by molar-refractivity contribution is 7.80. The van der Waals surface area contributed by atoms with Crippen LogP contribution in [-0.4, -0.2) is 23.0 Å². The molecule has 1 aromatic carbocycles. The molecule has 0 saturated heterocycles. The summed E-state index contributed by atoms with van der Waals surface area (Å²) in [6.07, 6.45) is 1.57. The Bertz CT molecular complexity index is 701. The van der Waals surface area contributed by atoms with Gasteiger partial charge in [0.25, 0.3) is 5.91 Å². The fourth-order valence-corrected chi connectivity index (χ4v) is 2.10. The molecule has 0 bridgehead atoms. The number of ether oxygens (including phenoxy) is 1. The molecule has 2 rings (SSSR count). The quantitative estimate of drug-likeness (QED) is 0.847. The largest absolute Gasteiger partial charge is 0.495 e. The van der Waals surface area contributed by atoms with Crippen LogP contribution in [0.25, 0.3) is 0 Å². The predicted octanol–water partition coefficient (Wildman–Crippen LogP) is 2.29. The molecule has 0 aliphatic carbocycles. The van der Waals surface area contributed by atoms with Crippen LogP contribution in [0.4, 0.5) is 5.69 Å². The van der Waals surface area contributed by atoms with Gasteiger partial charge in [0.1, 0.15) is 16.4 Å². The fourth-order valence-electron chi connectivity index (χ4n) is 1.93. The number of nitrogens with one attached hydrogen (secondary N) is 1. The number of carbonyl (C=O) groups is 1. The number of pyridine rings is 1. The SMILES string of the molecule is COc1cccc(C(N)=S)c1NC(=O)c1ncccc1C. The van der Waals surface area contributed by atoms with Crippen LogP contribution in [0, 0.1) is 6.92 Å². The highest BCUT2D eigenvalue weighted by atomic mass is 32.1. The van der Waals surface area contributed by atoms with Crippen LogP contribution in [0.1, 0.15) is 21.6 Å². The Balaban J connectivity index is 2.41. The second-order valence-corrected chi connectivity index (χ2v) is 4.81. The molecule has 1 heterocycles. The van der Waals surface area contributed by atoms with Crippen molar-refractivity contribution in [2.45, 2.75) is 6.92 Å². The van der Waals surface area contributed by atoms with Crippen LogP contribution in [0.15, 0.2) is 36.5 Å². The monoisotopic (exact) mass is 301 g/mol. The summed E-state index contributed by atoms with van der Waals surface area (Å²) >= 11 is 5.01. The van der Waals surface area contributed by atoms with Crippen molar-refractivity contribution in [3.63, 3.8) is 0 Å². The summed E-state index contributed by atoms with van der Waals surface area (Å²) in [5.74, 6) is 0.150. The normalized spacial score (nSPS) is 10.0. The van der Waals surface area contributed by atoms with Crippen molar-refractivity contribution < 1.29 is 9.53 Å². The third-order valence-corrected chi connectivity index (χ3v) is 3.19. The van der Waals surface area contributed by atoms with Crippen molar-refractivity contribution in [1.82, 2.24) is 4.98 Å². The molecule has 6 heteroatoms. The highest BCUT2D eigenvalue weighted by Gasteiger charge is 2.17. The van der Waals surface area contributed by atoms with Gasteiger partial charge in [0, 0.05) is 11.8 Å². The maximum atomic E-state index is 12.4. The zero-order chi connectivity index (χ0) is 15.4. The lowest BCUT2D eigenvalue weighted by Gasteiger charge is -2.14. The van der Waals surface area contributed by atoms with E-state index in [0.29, 0.717) is 22.7 Å². The molecule has 3 N–H and O–H groups in total. The van der Waals surface area contributed by atoms with E-state index in [-0.39, 0.29) is 10.9 Å². The Labute approximate surface area is 128 Å². The molecule has 1 amide bonds. The Kier molecular flexibility index (Phi) is 4.49. The van der Waals surface area contributed by atoms with Gasteiger partial charge < -0.3 is 15.8 Å². The topological polar surface area (TPSA) is 77.2 Å². The third kappa shape index (κ3) is 3.17. The molecular weight excluding hydrogens is 286 g/mol. The minimum atomic E-state index is -0.338. The van der Waals surface area contributed by atoms with Crippen LogP contribution in [0.5, 0.6) is 5.75 Å². The van der Waals surface area contributed by atoms with E-state index < -0.39 is 0 Å². The number of hydrogen-bond acceptors (Lipinski definition) is 4. The minimum Gasteiger partial charge on any atom is -0.495 e. The average Bonchev–Trinajstić information content (AvgIpc) is 2.47. The molecule has 0 radical (unpaired) electrons. The number of para-hydroxylation sites is 1. The highest BCUT2D eigenvalue weighted by Crippen LogP contribution is 2.28. The van der Waals surface area contributed by atoms with Gasteiger partial charge in [-0.1, -0.05) is 24.4 Å². The molecule has 0 unspecified atom stereocenters. The number of aromatic nitrogens is 1. The number of rotatable bonds is 4. The molecule has 0 spiro atoms. The van der Waals surface area contributed by atoms with Gasteiger partial charge in [-0.05, 0) is 30.7 Å². The van der Waals surface area contributed by atoms with Crippen LogP contribution in [0.3, 0.4) is 0 Å². The number of hydrogen-bond donors (Lipinski definition) is 2. The first-order chi connectivity index (χ1) is 10.0. The molecule has 0 fully saturated rings. The number of nitrogens with zero attached hydrogens (tertiary/aromatic N) is 1. The van der Waals surface area contributed by atoms with E-state index >= 15 is 0 Å². The summed E-state index contributed by atoms with van der Waals surface area (Å²) in [6.45, 7) is 1.82. The lowest BCUT2D eigenvalue weighted by molar-refractivity contribution is 0.102. The number of nitrogens with two attached hydrogens (primary N) is 1. The molecule has 108 valence electrons. The fraction of sp³-hybridized carbons (Fsp3) is 0.133. The number of aryl methyl sites for hydroxylation is 1. The second-order valence-electron chi connectivity index (χ2n) is 4.37. The molecule has 2 aromatic rings. The molecule has 5 nitrogen and oxygen atoms in total. The second kappa shape index (κ2) is 6.32. The van der Waals surface area contributed by atoms with Crippen LogP contribution < -0.4 is 15.8 Å². The van der Waals surface area contributed by atoms with E-state index in [1.165, 1.54) is 7.11 Å². The Hall–Kier alpha value is -2.47. The maximum absolute atomic E-state index is 12.4. The zero-order valence-corrected chi connectivity index (χ0v) is 12.5. The molecular formula is C15H15N3O2S. The van der Waals surface area contributed by atoms with Gasteiger partial charge in [-0.3, -0.25) is 9.78 Å². The standard InChI is InChI=1S/C15H15N3O2S/c1-9-5-4-8-17-12(9)15(19)18-13-10(14(16)21)6-3-7-11(13)20-2/h3-8H,1-2H3,(H2,16,21)(H,18,19). The summed E-state index contributed by atoms with van der Waals surface area (Å²) in [6, 6.07) is 8.80. The Morgan fingerprint density at radius 1 is 1.33 bits per heavy atom. The van der Waals surface area contributed by atoms with Crippen molar-refractivity contribution in [2.75, 3.05) is 12.4 Å². The molecule has 0 saturated carbocycles. The lowest BCUT2D eigenvalue weighted by Crippen LogP contribution is -2.20. The Morgan fingerprint density at radius 3 is 2.71 bits per heavy atom. The van der Waals surface area contributed by atoms with Crippen LogP contribution in [-0.2, 0) is 0 Å². The van der Waals surface area contributed by atoms with Crippen molar-refractivity contribution >= 4 is 28.8 Å². The summed E-state index contributed by atoms with van der Waals surface area (Å²) in [7, 11) is 1.51. The summed E-state index contributed by atoms with van der Waals surface area (Å²) in [5, 5.41) is 2.77. The first-order valence-corrected chi connectivity index (χ1v) is 6.65. The van der Waals surface area contributed by atoms with Crippen molar-refractivity contribution in [1.29, 1.82) is 0 Å². The van der Waals surface area contributed by atoms with Crippen molar-refractivity contribution in [2.24, 2.45) is 5.73 Å². The summed E-state index contributed by atoms with van der Waals surface area (Å²) in [4.78, 5) is 16.6. The number of thiocarbonyl (C=S) groups is 1. The van der Waals surface area contributed by atoms with E-state index in [2.05, 4.69) is 10.3 Å². The van der Waals surface area contributed by atoms with Crippen LogP contribution in [0.2, 0.25) is 0 Å². The van der Waals surface area contributed by atoms with Gasteiger partial charge in [-0.25, -0.2) is 0 Å². The zero-order valence-electron chi connectivity index (χ0n) is 11.7. The van der Waals surface area contributed by atoms with E-state index in [1.807, 2.05) is 13.0 Å². The van der Waals surface area contributed by atoms with Crippen molar-refractivity contribution in [3.8, 4) is 5.75 Å². The first-order valence-electron chi connectivity index (χ1n) is 6.24. The van der Waals surface area contributed by atoms with E-state index in [0.717, 1.165) is 5.56 Å². The van der Waals surface area contributed by atoms with E-state index in [4.69, 9.17) is 22.7 Å². The number of amides is 1. The van der Waals surface area contributed by atoms with Gasteiger partial charge in [-0.2, -0.15) is 0 Å². The van der Waals surface area contributed by atoms with Gasteiger partial charge in [0.2, 0.25) is 0 Å². The number of carbonyl (C=O) groups excluding carboxylic acids is 1. The molecule has 0 atom stereocenters. The van der Waals surface area contributed by atoms with Crippen molar-refractivity contribution in [3.05, 3.63) is 53.3 Å². The predicted molar refractivity (Wildman–Crippen MR) is 85.8 cm³/mol. The van der Waals surface area contributed by atoms with E-state index in [1.54, 1.807) is 30.5 Å². The van der Waals surface area contributed by atoms with Gasteiger partial charge in [-0.15, -0.1) is 0 Å². The molecule has 1 aromatic heterocycles. The number of benzene rings is 1. The number of methoxy groups -OCH3 is 1. The van der Waals surface area contributed by atoms with E-state index in [9.17, 15) is 4.79 Å². The third-order valence-electron chi connectivity index (χ3n) is 2.97. The molecule has 0 aliphatic heterocycles. The summed E-state index contributed by atoms with van der Waals surface area (Å²) in [5.41, 5.74) is 7.81. The maximum Gasteiger partial charge on any atom is 0.274 e. The van der Waals surface area contributed by atoms with Gasteiger partial charge >= 0.3 is 0 Å². The molecule has 21 heavy (non-hydrogen) atoms. The first kappa shape index (κ1) is 14.9. The number of anilines is 1. The molecule has 0 aliphatic rings. The van der Waals surface area contributed by atoms with Gasteiger partial charge in [0.15, 0.2) is 0 Å². The average molecular weight is 301 g/mol. The Morgan fingerprint density at radius 2 is 2.10 bits per heavy atom. The van der Waals surface area contributed by atoms with Gasteiger partial charge in [0.05, 0.1) is 12.8 Å². The lowest BCUT2D eigenvalue weighted by atomic mass is 10.1. The smallest absolute Gasteiger partial charge is 0.274 e. The minimum absolute atomic E-state index is 0.182.